The maximum absolute atomic E-state index is 13.9. The smallest absolute Gasteiger partial charge is 0.459 e. The van der Waals surface area contributed by atoms with E-state index in [1.54, 1.807) is 53.7 Å². The molecule has 0 saturated carbocycles. The minimum absolute atomic E-state index is 0.146. The Balaban J connectivity index is 2.34. The van der Waals surface area contributed by atoms with Crippen LogP contribution < -0.4 is 15.1 Å². The Kier molecular flexibility index (Phi) is 9.64. The van der Waals surface area contributed by atoms with Gasteiger partial charge >= 0.3 is 13.7 Å². The third-order valence-corrected chi connectivity index (χ3v) is 6.76. The minimum Gasteiger partial charge on any atom is -0.465 e. The highest BCUT2D eigenvalue weighted by atomic mass is 31.2. The lowest BCUT2D eigenvalue weighted by atomic mass is 10.1. The maximum Gasteiger partial charge on any atom is 0.459 e. The summed E-state index contributed by atoms with van der Waals surface area (Å²) in [5.74, 6) is -2.61. The Bertz CT molecular complexity index is 922. The van der Waals surface area contributed by atoms with Crippen molar-refractivity contribution in [3.05, 3.63) is 29.3 Å². The van der Waals surface area contributed by atoms with Gasteiger partial charge in [0.25, 0.3) is 5.91 Å². The largest absolute Gasteiger partial charge is 0.465 e. The average Bonchev–Trinajstić information content (AvgIpc) is 3.08. The molecule has 0 spiro atoms. The van der Waals surface area contributed by atoms with Gasteiger partial charge < -0.3 is 18.7 Å². The molecule has 1 aliphatic heterocycles. The molecule has 0 aromatic heterocycles. The van der Waals surface area contributed by atoms with Gasteiger partial charge in [0.15, 0.2) is 11.9 Å². The lowest BCUT2D eigenvalue weighted by Gasteiger charge is -2.28. The van der Waals surface area contributed by atoms with Crippen LogP contribution in [-0.4, -0.2) is 54.3 Å². The van der Waals surface area contributed by atoms with Crippen LogP contribution in [-0.2, 0) is 32.9 Å². The van der Waals surface area contributed by atoms with E-state index in [9.17, 15) is 14.2 Å². The van der Waals surface area contributed by atoms with Crippen molar-refractivity contribution in [1.82, 2.24) is 10.6 Å². The molecule has 3 N–H and O–H groups in total. The molecule has 34 heavy (non-hydrogen) atoms. The summed E-state index contributed by atoms with van der Waals surface area (Å²) in [6.07, 6.45) is -2.24. The quantitative estimate of drug-likeness (QED) is 0.179. The second kappa shape index (κ2) is 11.6. The van der Waals surface area contributed by atoms with Gasteiger partial charge in [0.05, 0.1) is 13.2 Å². The first kappa shape index (κ1) is 28.2. The number of carbonyl (C=O) groups is 2. The van der Waals surface area contributed by atoms with Crippen molar-refractivity contribution >= 4 is 19.6 Å². The molecular formula is C22H35N2O9P. The van der Waals surface area contributed by atoms with Gasteiger partial charge in [-0.25, -0.2) is 10.0 Å². The van der Waals surface area contributed by atoms with Crippen molar-refractivity contribution in [3.8, 4) is 5.75 Å². The first-order valence-corrected chi connectivity index (χ1v) is 12.6. The van der Waals surface area contributed by atoms with E-state index in [2.05, 4.69) is 5.09 Å². The second-order valence-electron chi connectivity index (χ2n) is 8.76. The number of ether oxygens (including phenoxy) is 3. The second-order valence-corrected chi connectivity index (χ2v) is 10.4. The van der Waals surface area contributed by atoms with E-state index in [-0.39, 0.29) is 12.5 Å². The van der Waals surface area contributed by atoms with Crippen molar-refractivity contribution in [2.75, 3.05) is 13.2 Å². The molecule has 1 aromatic rings. The fourth-order valence-electron chi connectivity index (χ4n) is 3.33. The molecule has 1 unspecified atom stereocenters. The molecule has 0 aliphatic carbocycles. The van der Waals surface area contributed by atoms with E-state index in [1.807, 2.05) is 13.0 Å². The van der Waals surface area contributed by atoms with E-state index >= 15 is 0 Å². The van der Waals surface area contributed by atoms with Crippen LogP contribution in [0.2, 0.25) is 0 Å². The highest BCUT2D eigenvalue weighted by Crippen LogP contribution is 2.47. The first-order valence-electron chi connectivity index (χ1n) is 11.1. The maximum atomic E-state index is 13.9. The fourth-order valence-corrected chi connectivity index (χ4v) is 5.06. The fraction of sp³-hybridized carbons (Fsp3) is 0.636. The Morgan fingerprint density at radius 2 is 1.91 bits per heavy atom. The van der Waals surface area contributed by atoms with E-state index < -0.39 is 50.3 Å². The predicted octanol–water partition coefficient (Wildman–Crippen LogP) is 3.01. The van der Waals surface area contributed by atoms with Gasteiger partial charge in [-0.2, -0.15) is 5.09 Å². The Morgan fingerprint density at radius 1 is 1.24 bits per heavy atom. The van der Waals surface area contributed by atoms with Gasteiger partial charge in [-0.3, -0.25) is 19.3 Å². The normalized spacial score (nSPS) is 22.1. The number of rotatable bonds is 11. The van der Waals surface area contributed by atoms with Gasteiger partial charge in [0.2, 0.25) is 0 Å². The number of hydrogen-bond donors (Lipinski definition) is 3. The average molecular weight is 503 g/mol. The van der Waals surface area contributed by atoms with Crippen molar-refractivity contribution in [1.29, 1.82) is 0 Å². The van der Waals surface area contributed by atoms with E-state index in [0.717, 1.165) is 11.1 Å². The third-order valence-electron chi connectivity index (χ3n) is 5.24. The number of aryl methyl sites for hydroxylation is 1. The zero-order valence-electron chi connectivity index (χ0n) is 20.6. The number of hydrogen-bond acceptors (Lipinski definition) is 9. The van der Waals surface area contributed by atoms with Gasteiger partial charge in [0, 0.05) is 0 Å². The van der Waals surface area contributed by atoms with E-state index in [0.29, 0.717) is 5.75 Å². The van der Waals surface area contributed by atoms with Crippen molar-refractivity contribution in [3.63, 3.8) is 0 Å². The monoisotopic (exact) mass is 502 g/mol. The van der Waals surface area contributed by atoms with Gasteiger partial charge in [-0.1, -0.05) is 26.0 Å². The zero-order valence-corrected chi connectivity index (χ0v) is 21.5. The molecule has 0 bridgehead atoms. The molecule has 0 radical (unpaired) electrons. The summed E-state index contributed by atoms with van der Waals surface area (Å²) in [6, 6.07) is 4.26. The van der Waals surface area contributed by atoms with Crippen LogP contribution in [0.5, 0.6) is 5.75 Å². The van der Waals surface area contributed by atoms with E-state index in [4.69, 9.17) is 28.5 Å². The summed E-state index contributed by atoms with van der Waals surface area (Å²) in [4.78, 5) is 24.6. The summed E-state index contributed by atoms with van der Waals surface area (Å²) in [7, 11) is -4.22. The lowest BCUT2D eigenvalue weighted by Crippen LogP contribution is -2.43. The molecule has 2 rings (SSSR count). The number of hydroxylamine groups is 1. The molecule has 1 amide bonds. The van der Waals surface area contributed by atoms with E-state index in [1.165, 1.54) is 5.48 Å². The van der Waals surface area contributed by atoms with Crippen molar-refractivity contribution in [2.24, 2.45) is 5.92 Å². The zero-order chi connectivity index (χ0) is 25.7. The Labute approximate surface area is 200 Å². The molecule has 192 valence electrons. The summed E-state index contributed by atoms with van der Waals surface area (Å²) < 4.78 is 41.8. The highest BCUT2D eigenvalue weighted by molar-refractivity contribution is 7.52. The van der Waals surface area contributed by atoms with Crippen molar-refractivity contribution < 1.29 is 42.6 Å². The van der Waals surface area contributed by atoms with Gasteiger partial charge in [-0.15, -0.1) is 0 Å². The summed E-state index contributed by atoms with van der Waals surface area (Å²) >= 11 is 0. The van der Waals surface area contributed by atoms with Gasteiger partial charge in [0.1, 0.15) is 17.9 Å². The van der Waals surface area contributed by atoms with Crippen LogP contribution in [0.25, 0.3) is 0 Å². The van der Waals surface area contributed by atoms with Crippen molar-refractivity contribution in [2.45, 2.75) is 72.5 Å². The van der Waals surface area contributed by atoms with Gasteiger partial charge in [-0.05, 0) is 57.7 Å². The van der Waals surface area contributed by atoms with Crippen LogP contribution in [0.4, 0.5) is 0 Å². The lowest BCUT2D eigenvalue weighted by molar-refractivity contribution is -0.160. The number of amides is 1. The molecule has 4 atom stereocenters. The molecule has 1 saturated heterocycles. The topological polar surface area (TPSA) is 142 Å². The highest BCUT2D eigenvalue weighted by Gasteiger charge is 2.47. The summed E-state index contributed by atoms with van der Waals surface area (Å²) in [5, 5.41) is 11.7. The first-order chi connectivity index (χ1) is 15.8. The minimum atomic E-state index is -4.22. The predicted molar refractivity (Wildman–Crippen MR) is 122 cm³/mol. The standard InChI is InChI=1S/C22H35N2O9P/c1-8-29-21(26)18(13(2)3)24-34(28,33-16-11-9-10-14(4)15(16)5)30-12-17-19(20(25)23-27)32-22(6,7)31-17/h9-11,13,17-19,27H,8,12H2,1-7H3,(H,23,25)(H,24,28)/t17-,18+,19-,34?/m1/s1. The number of nitrogens with one attached hydrogen (secondary N) is 2. The van der Waals surface area contributed by atoms with Crippen LogP contribution in [0.3, 0.4) is 0 Å². The summed E-state index contributed by atoms with van der Waals surface area (Å²) in [5.41, 5.74) is 3.17. The molecular weight excluding hydrogens is 467 g/mol. The van der Waals surface area contributed by atoms with Crippen LogP contribution in [0, 0.1) is 19.8 Å². The number of esters is 1. The number of carbonyl (C=O) groups excluding carboxylic acids is 2. The SMILES string of the molecule is CCOC(=O)[C@@H](NP(=O)(OC[C@H]1OC(C)(C)O[C@H]1C(=O)NO)Oc1cccc(C)c1C)C(C)C. The number of benzene rings is 1. The molecule has 1 heterocycles. The Morgan fingerprint density at radius 3 is 2.50 bits per heavy atom. The van der Waals surface area contributed by atoms with Crippen LogP contribution in [0.1, 0.15) is 45.7 Å². The summed E-state index contributed by atoms with van der Waals surface area (Å²) in [6.45, 7) is 11.8. The molecule has 11 nitrogen and oxygen atoms in total. The Hall–Kier alpha value is -2.01. The molecule has 1 aromatic carbocycles. The van der Waals surface area contributed by atoms with Crippen LogP contribution >= 0.6 is 7.75 Å². The van der Waals surface area contributed by atoms with Crippen LogP contribution in [0.15, 0.2) is 18.2 Å². The molecule has 1 fully saturated rings. The molecule has 1 aliphatic rings. The third kappa shape index (κ3) is 7.24. The molecule has 12 heteroatoms.